The van der Waals surface area contributed by atoms with Gasteiger partial charge in [0, 0.05) is 24.0 Å². The highest BCUT2D eigenvalue weighted by Gasteiger charge is 2.60. The quantitative estimate of drug-likeness (QED) is 0.249. The standard InChI is InChI=1S/C21H24O8/c1-9-7-14(28-19(9)24)26-8-12-15-17(27-10(2)22)11-5-6-13(23)21(3,4)16(11)18(15)29-20(12)25/h7-8,13-15,17-18,23H,5-6H2,1-4H3/b12-8+/t13-,14-,15+,17-,18+/m1/s1. The van der Waals surface area contributed by atoms with Crippen molar-refractivity contribution < 1.29 is 38.4 Å². The van der Waals surface area contributed by atoms with Gasteiger partial charge in [0.1, 0.15) is 12.2 Å². The summed E-state index contributed by atoms with van der Waals surface area (Å²) in [5, 5.41) is 10.5. The van der Waals surface area contributed by atoms with Crippen LogP contribution in [0.15, 0.2) is 34.6 Å². The maximum Gasteiger partial charge on any atom is 0.338 e. The summed E-state index contributed by atoms with van der Waals surface area (Å²) in [4.78, 5) is 35.9. The van der Waals surface area contributed by atoms with Crippen LogP contribution in [-0.2, 0) is 33.3 Å². The fraction of sp³-hybridized carbons (Fsp3) is 0.571. The number of carbonyl (C=O) groups excluding carboxylic acids is 3. The summed E-state index contributed by atoms with van der Waals surface area (Å²) in [7, 11) is 0. The third kappa shape index (κ3) is 3.06. The van der Waals surface area contributed by atoms with Crippen LogP contribution in [0.25, 0.3) is 0 Å². The van der Waals surface area contributed by atoms with Crippen LogP contribution in [0.2, 0.25) is 0 Å². The molecule has 4 rings (SSSR count). The van der Waals surface area contributed by atoms with Gasteiger partial charge in [-0.05, 0) is 30.9 Å². The molecule has 2 aliphatic heterocycles. The minimum Gasteiger partial charge on any atom is -0.458 e. The van der Waals surface area contributed by atoms with Crippen molar-refractivity contribution in [3.8, 4) is 0 Å². The molecule has 8 heteroatoms. The lowest BCUT2D eigenvalue weighted by molar-refractivity contribution is -0.152. The Morgan fingerprint density at radius 3 is 2.62 bits per heavy atom. The monoisotopic (exact) mass is 404 g/mol. The highest BCUT2D eigenvalue weighted by molar-refractivity contribution is 5.93. The van der Waals surface area contributed by atoms with Crippen molar-refractivity contribution in [1.29, 1.82) is 0 Å². The fourth-order valence-corrected chi connectivity index (χ4v) is 4.72. The molecule has 2 aliphatic carbocycles. The number of ether oxygens (including phenoxy) is 4. The first-order valence-electron chi connectivity index (χ1n) is 9.66. The van der Waals surface area contributed by atoms with Crippen molar-refractivity contribution in [2.75, 3.05) is 0 Å². The Morgan fingerprint density at radius 1 is 1.28 bits per heavy atom. The van der Waals surface area contributed by atoms with Crippen LogP contribution >= 0.6 is 0 Å². The van der Waals surface area contributed by atoms with Gasteiger partial charge in [-0.15, -0.1) is 0 Å². The number of esters is 3. The lowest BCUT2D eigenvalue weighted by Crippen LogP contribution is -2.38. The van der Waals surface area contributed by atoms with Gasteiger partial charge in [-0.3, -0.25) is 4.79 Å². The molecule has 0 spiro atoms. The van der Waals surface area contributed by atoms with E-state index < -0.39 is 53.8 Å². The smallest absolute Gasteiger partial charge is 0.338 e. The summed E-state index contributed by atoms with van der Waals surface area (Å²) in [5.74, 6) is -2.09. The molecule has 0 bridgehead atoms. The molecule has 0 aromatic rings. The number of aliphatic hydroxyl groups is 1. The van der Waals surface area contributed by atoms with Crippen LogP contribution in [-0.4, -0.2) is 47.6 Å². The van der Waals surface area contributed by atoms with Crippen LogP contribution in [0.1, 0.15) is 40.5 Å². The predicted molar refractivity (Wildman–Crippen MR) is 97.8 cm³/mol. The number of carbonyl (C=O) groups is 3. The summed E-state index contributed by atoms with van der Waals surface area (Å²) in [6, 6.07) is 0. The van der Waals surface area contributed by atoms with Gasteiger partial charge in [0.2, 0.25) is 0 Å². The lowest BCUT2D eigenvalue weighted by atomic mass is 9.70. The number of cyclic esters (lactones) is 1. The average Bonchev–Trinajstić information content (AvgIpc) is 3.21. The number of rotatable bonds is 3. The van der Waals surface area contributed by atoms with Crippen molar-refractivity contribution in [2.45, 2.75) is 65.1 Å². The number of aliphatic hydroxyl groups excluding tert-OH is 1. The van der Waals surface area contributed by atoms with Crippen molar-refractivity contribution in [3.05, 3.63) is 34.6 Å². The molecule has 0 aromatic carbocycles. The second-order valence-electron chi connectivity index (χ2n) is 8.43. The van der Waals surface area contributed by atoms with Gasteiger partial charge >= 0.3 is 17.9 Å². The van der Waals surface area contributed by atoms with E-state index in [-0.39, 0.29) is 5.57 Å². The molecule has 156 valence electrons. The molecule has 8 nitrogen and oxygen atoms in total. The Balaban J connectivity index is 1.68. The largest absolute Gasteiger partial charge is 0.458 e. The van der Waals surface area contributed by atoms with Crippen molar-refractivity contribution >= 4 is 17.9 Å². The Bertz CT molecular complexity index is 877. The Hall–Kier alpha value is -2.61. The summed E-state index contributed by atoms with van der Waals surface area (Å²) in [6.07, 6.45) is 1.03. The number of hydrogen-bond acceptors (Lipinski definition) is 8. The minimum absolute atomic E-state index is 0.218. The van der Waals surface area contributed by atoms with E-state index in [1.165, 1.54) is 19.3 Å². The molecule has 29 heavy (non-hydrogen) atoms. The second kappa shape index (κ2) is 6.73. The minimum atomic E-state index is -0.920. The zero-order chi connectivity index (χ0) is 21.1. The van der Waals surface area contributed by atoms with Crippen LogP contribution in [0.3, 0.4) is 0 Å². The van der Waals surface area contributed by atoms with Crippen LogP contribution in [0.4, 0.5) is 0 Å². The molecule has 2 heterocycles. The SMILES string of the molecule is CC(=O)O[C@@H]1C2=C([C@H]3OC(=O)/C(=C/O[C@H]4C=C(C)C(=O)O4)[C@@H]13)C(C)(C)[C@H](O)CC2. The Labute approximate surface area is 168 Å². The molecule has 0 unspecified atom stereocenters. The van der Waals surface area contributed by atoms with Crippen LogP contribution in [0, 0.1) is 11.3 Å². The van der Waals surface area contributed by atoms with Crippen LogP contribution in [0.5, 0.6) is 0 Å². The van der Waals surface area contributed by atoms with E-state index in [4.69, 9.17) is 18.9 Å². The zero-order valence-electron chi connectivity index (χ0n) is 16.8. The third-order valence-corrected chi connectivity index (χ3v) is 6.22. The Kier molecular flexibility index (Phi) is 4.57. The number of fused-ring (bicyclic) bond motifs is 2. The molecule has 4 aliphatic rings. The molecule has 1 fully saturated rings. The van der Waals surface area contributed by atoms with Gasteiger partial charge in [0.05, 0.1) is 23.9 Å². The van der Waals surface area contributed by atoms with Gasteiger partial charge < -0.3 is 24.1 Å². The first-order chi connectivity index (χ1) is 13.6. The summed E-state index contributed by atoms with van der Waals surface area (Å²) >= 11 is 0. The molecular weight excluding hydrogens is 380 g/mol. The summed E-state index contributed by atoms with van der Waals surface area (Å²) in [6.45, 7) is 6.73. The highest BCUT2D eigenvalue weighted by Crippen LogP contribution is 2.55. The molecule has 1 N–H and O–H groups in total. The second-order valence-corrected chi connectivity index (χ2v) is 8.43. The maximum absolute atomic E-state index is 12.6. The molecule has 0 saturated carbocycles. The highest BCUT2D eigenvalue weighted by atomic mass is 16.7. The molecule has 5 atom stereocenters. The van der Waals surface area contributed by atoms with E-state index in [9.17, 15) is 19.5 Å². The molecule has 0 aromatic heterocycles. The van der Waals surface area contributed by atoms with E-state index in [1.807, 2.05) is 13.8 Å². The van der Waals surface area contributed by atoms with Gasteiger partial charge in [-0.2, -0.15) is 0 Å². The first-order valence-corrected chi connectivity index (χ1v) is 9.66. The van der Waals surface area contributed by atoms with E-state index in [1.54, 1.807) is 6.92 Å². The summed E-state index contributed by atoms with van der Waals surface area (Å²) < 4.78 is 21.8. The molecule has 0 radical (unpaired) electrons. The fourth-order valence-electron chi connectivity index (χ4n) is 4.72. The maximum atomic E-state index is 12.6. The first kappa shape index (κ1) is 19.7. The van der Waals surface area contributed by atoms with E-state index in [0.717, 1.165) is 11.1 Å². The lowest BCUT2D eigenvalue weighted by Gasteiger charge is -2.39. The van der Waals surface area contributed by atoms with Crippen molar-refractivity contribution in [2.24, 2.45) is 11.3 Å². The van der Waals surface area contributed by atoms with Gasteiger partial charge in [-0.1, -0.05) is 13.8 Å². The van der Waals surface area contributed by atoms with Gasteiger partial charge in [0.15, 0.2) is 0 Å². The molecule has 1 saturated heterocycles. The number of hydrogen-bond donors (Lipinski definition) is 1. The molecular formula is C21H24O8. The van der Waals surface area contributed by atoms with Crippen molar-refractivity contribution in [3.63, 3.8) is 0 Å². The van der Waals surface area contributed by atoms with E-state index >= 15 is 0 Å². The van der Waals surface area contributed by atoms with Crippen molar-refractivity contribution in [1.82, 2.24) is 0 Å². The Morgan fingerprint density at radius 2 is 2.00 bits per heavy atom. The van der Waals surface area contributed by atoms with Gasteiger partial charge in [-0.25, -0.2) is 9.59 Å². The van der Waals surface area contributed by atoms with Gasteiger partial charge in [0.25, 0.3) is 6.29 Å². The average molecular weight is 404 g/mol. The van der Waals surface area contributed by atoms with E-state index in [2.05, 4.69) is 0 Å². The zero-order valence-corrected chi connectivity index (χ0v) is 16.8. The third-order valence-electron chi connectivity index (χ3n) is 6.22. The normalized spacial score (nSPS) is 36.4. The van der Waals surface area contributed by atoms with E-state index in [0.29, 0.717) is 18.4 Å². The predicted octanol–water partition coefficient (Wildman–Crippen LogP) is 1.68. The summed E-state index contributed by atoms with van der Waals surface area (Å²) in [5.41, 5.74) is 1.73. The molecule has 0 amide bonds. The van der Waals surface area contributed by atoms with Crippen LogP contribution < -0.4 is 0 Å². The topological polar surface area (TPSA) is 108 Å².